The first-order valence-corrected chi connectivity index (χ1v) is 4.60. The molecule has 0 bridgehead atoms. The molecular weight excluding hydrogens is 178 g/mol. The van der Waals surface area contributed by atoms with Crippen molar-refractivity contribution in [3.8, 4) is 0 Å². The summed E-state index contributed by atoms with van der Waals surface area (Å²) in [4.78, 5) is 20.9. The van der Waals surface area contributed by atoms with E-state index in [0.29, 0.717) is 5.75 Å². The SMILES string of the molecule is CC(N)CSCC(=O)NC(N)=O. The molecule has 1 unspecified atom stereocenters. The van der Waals surface area contributed by atoms with Gasteiger partial charge in [0, 0.05) is 11.8 Å². The van der Waals surface area contributed by atoms with Gasteiger partial charge in [-0.2, -0.15) is 11.8 Å². The molecule has 70 valence electrons. The first kappa shape index (κ1) is 11.2. The largest absolute Gasteiger partial charge is 0.351 e. The van der Waals surface area contributed by atoms with Gasteiger partial charge in [0.25, 0.3) is 0 Å². The first-order valence-electron chi connectivity index (χ1n) is 3.45. The fourth-order valence-electron chi connectivity index (χ4n) is 0.511. The van der Waals surface area contributed by atoms with Crippen LogP contribution in [0.25, 0.3) is 0 Å². The second kappa shape index (κ2) is 5.84. The molecular formula is C6H13N3O2S. The molecule has 0 aliphatic rings. The van der Waals surface area contributed by atoms with Crippen molar-refractivity contribution in [2.24, 2.45) is 11.5 Å². The number of amides is 3. The molecule has 0 radical (unpaired) electrons. The summed E-state index contributed by atoms with van der Waals surface area (Å²) < 4.78 is 0. The van der Waals surface area contributed by atoms with Crippen LogP contribution in [0, 0.1) is 0 Å². The van der Waals surface area contributed by atoms with E-state index in [4.69, 9.17) is 11.5 Å². The Morgan fingerprint density at radius 2 is 2.17 bits per heavy atom. The number of hydrogen-bond acceptors (Lipinski definition) is 4. The van der Waals surface area contributed by atoms with Crippen LogP contribution in [0.5, 0.6) is 0 Å². The van der Waals surface area contributed by atoms with Crippen LogP contribution in [0.2, 0.25) is 0 Å². The lowest BCUT2D eigenvalue weighted by molar-refractivity contribution is -0.117. The molecule has 0 saturated carbocycles. The Hall–Kier alpha value is -0.750. The van der Waals surface area contributed by atoms with E-state index in [9.17, 15) is 9.59 Å². The molecule has 5 N–H and O–H groups in total. The fourth-order valence-corrected chi connectivity index (χ4v) is 1.26. The summed E-state index contributed by atoms with van der Waals surface area (Å²) in [6, 6.07) is -0.766. The van der Waals surface area contributed by atoms with Gasteiger partial charge < -0.3 is 11.5 Å². The third kappa shape index (κ3) is 7.36. The van der Waals surface area contributed by atoms with Crippen LogP contribution in [0.3, 0.4) is 0 Å². The van der Waals surface area contributed by atoms with Crippen LogP contribution < -0.4 is 16.8 Å². The Kier molecular flexibility index (Phi) is 5.48. The van der Waals surface area contributed by atoms with Crippen LogP contribution >= 0.6 is 11.8 Å². The van der Waals surface area contributed by atoms with Gasteiger partial charge in [-0.15, -0.1) is 0 Å². The second-order valence-corrected chi connectivity index (χ2v) is 3.44. The van der Waals surface area contributed by atoms with Gasteiger partial charge in [0.1, 0.15) is 0 Å². The molecule has 0 aliphatic heterocycles. The van der Waals surface area contributed by atoms with Crippen LogP contribution in [0.1, 0.15) is 6.92 Å². The number of primary amides is 1. The summed E-state index contributed by atoms with van der Waals surface area (Å²) in [7, 11) is 0. The zero-order valence-electron chi connectivity index (χ0n) is 6.87. The number of thioether (sulfide) groups is 1. The Labute approximate surface area is 75.2 Å². The van der Waals surface area contributed by atoms with Gasteiger partial charge in [0.05, 0.1) is 5.75 Å². The highest BCUT2D eigenvalue weighted by molar-refractivity contribution is 8.00. The monoisotopic (exact) mass is 191 g/mol. The Balaban J connectivity index is 3.38. The average molecular weight is 191 g/mol. The van der Waals surface area contributed by atoms with E-state index in [1.807, 2.05) is 12.2 Å². The minimum Gasteiger partial charge on any atom is -0.351 e. The summed E-state index contributed by atoms with van der Waals surface area (Å²) in [6.45, 7) is 1.85. The van der Waals surface area contributed by atoms with Gasteiger partial charge in [-0.05, 0) is 6.92 Å². The normalized spacial score (nSPS) is 12.2. The van der Waals surface area contributed by atoms with E-state index in [1.54, 1.807) is 0 Å². The van der Waals surface area contributed by atoms with E-state index in [0.717, 1.165) is 0 Å². The molecule has 0 aromatic rings. The fraction of sp³-hybridized carbons (Fsp3) is 0.667. The van der Waals surface area contributed by atoms with Gasteiger partial charge in [-0.1, -0.05) is 0 Å². The molecule has 5 nitrogen and oxygen atoms in total. The van der Waals surface area contributed by atoms with E-state index in [-0.39, 0.29) is 17.7 Å². The van der Waals surface area contributed by atoms with Gasteiger partial charge in [0.15, 0.2) is 0 Å². The van der Waals surface area contributed by atoms with Crippen molar-refractivity contribution >= 4 is 23.7 Å². The van der Waals surface area contributed by atoms with Crippen LogP contribution in [-0.4, -0.2) is 29.5 Å². The summed E-state index contributed by atoms with van der Waals surface area (Å²) in [5, 5.41) is 1.95. The summed E-state index contributed by atoms with van der Waals surface area (Å²) in [6.07, 6.45) is 0. The smallest absolute Gasteiger partial charge is 0.318 e. The maximum absolute atomic E-state index is 10.8. The zero-order chi connectivity index (χ0) is 9.56. The molecule has 3 amide bonds. The van der Waals surface area contributed by atoms with Gasteiger partial charge >= 0.3 is 6.03 Å². The number of carbonyl (C=O) groups excluding carboxylic acids is 2. The van der Waals surface area contributed by atoms with E-state index in [2.05, 4.69) is 0 Å². The summed E-state index contributed by atoms with van der Waals surface area (Å²) >= 11 is 1.37. The molecule has 0 heterocycles. The topological polar surface area (TPSA) is 98.2 Å². The molecule has 12 heavy (non-hydrogen) atoms. The number of carbonyl (C=O) groups is 2. The van der Waals surface area contributed by atoms with Crippen LogP contribution in [0.15, 0.2) is 0 Å². The lowest BCUT2D eigenvalue weighted by Gasteiger charge is -2.03. The standard InChI is InChI=1S/C6H13N3O2S/c1-4(7)2-12-3-5(10)9-6(8)11/h4H,2-3,7H2,1H3,(H3,8,9,10,11). The number of imide groups is 1. The van der Waals surface area contributed by atoms with Crippen molar-refractivity contribution in [1.29, 1.82) is 0 Å². The number of nitrogens with two attached hydrogens (primary N) is 2. The number of nitrogens with one attached hydrogen (secondary N) is 1. The van der Waals surface area contributed by atoms with E-state index in [1.165, 1.54) is 11.8 Å². The predicted molar refractivity (Wildman–Crippen MR) is 48.7 cm³/mol. The Bertz CT molecular complexity index is 172. The van der Waals surface area contributed by atoms with Gasteiger partial charge in [-0.3, -0.25) is 10.1 Å². The quantitative estimate of drug-likeness (QED) is 0.545. The van der Waals surface area contributed by atoms with Crippen molar-refractivity contribution in [1.82, 2.24) is 5.32 Å². The minimum atomic E-state index is -0.818. The maximum Gasteiger partial charge on any atom is 0.318 e. The zero-order valence-corrected chi connectivity index (χ0v) is 7.69. The van der Waals surface area contributed by atoms with E-state index < -0.39 is 6.03 Å². The molecule has 6 heteroatoms. The number of hydrogen-bond donors (Lipinski definition) is 3. The van der Waals surface area contributed by atoms with Crippen molar-refractivity contribution in [3.05, 3.63) is 0 Å². The van der Waals surface area contributed by atoms with Gasteiger partial charge in [-0.25, -0.2) is 4.79 Å². The molecule has 0 rings (SSSR count). The molecule has 0 aromatic carbocycles. The van der Waals surface area contributed by atoms with Crippen molar-refractivity contribution < 1.29 is 9.59 Å². The molecule has 1 atom stereocenters. The van der Waals surface area contributed by atoms with E-state index >= 15 is 0 Å². The Morgan fingerprint density at radius 3 is 2.58 bits per heavy atom. The lowest BCUT2D eigenvalue weighted by Crippen LogP contribution is -2.36. The lowest BCUT2D eigenvalue weighted by atomic mass is 10.4. The summed E-state index contributed by atoms with van der Waals surface area (Å²) in [5.74, 6) is 0.518. The second-order valence-electron chi connectivity index (χ2n) is 2.40. The minimum absolute atomic E-state index is 0.0522. The van der Waals surface area contributed by atoms with Gasteiger partial charge in [0.2, 0.25) is 5.91 Å². The number of rotatable bonds is 4. The molecule has 0 fully saturated rings. The highest BCUT2D eigenvalue weighted by atomic mass is 32.2. The third-order valence-corrected chi connectivity index (χ3v) is 2.10. The molecule has 0 aromatic heterocycles. The van der Waals surface area contributed by atoms with Crippen LogP contribution in [-0.2, 0) is 4.79 Å². The molecule has 0 spiro atoms. The summed E-state index contributed by atoms with van der Waals surface area (Å²) in [5.41, 5.74) is 10.2. The molecule has 0 aliphatic carbocycles. The highest BCUT2D eigenvalue weighted by Crippen LogP contribution is 1.99. The van der Waals surface area contributed by atoms with Crippen molar-refractivity contribution in [2.75, 3.05) is 11.5 Å². The predicted octanol–water partition coefficient (Wildman–Crippen LogP) is -0.738. The van der Waals surface area contributed by atoms with Crippen molar-refractivity contribution in [2.45, 2.75) is 13.0 Å². The highest BCUT2D eigenvalue weighted by Gasteiger charge is 2.04. The number of urea groups is 1. The average Bonchev–Trinajstić information content (AvgIpc) is 1.84. The van der Waals surface area contributed by atoms with Crippen LogP contribution in [0.4, 0.5) is 4.79 Å². The maximum atomic E-state index is 10.8. The van der Waals surface area contributed by atoms with Crippen molar-refractivity contribution in [3.63, 3.8) is 0 Å². The Morgan fingerprint density at radius 1 is 1.58 bits per heavy atom. The first-order chi connectivity index (χ1) is 5.52. The molecule has 0 saturated heterocycles. The third-order valence-electron chi connectivity index (χ3n) is 0.877.